The largest absolute Gasteiger partial charge is 0.385 e. The van der Waals surface area contributed by atoms with Crippen LogP contribution in [0.3, 0.4) is 0 Å². The van der Waals surface area contributed by atoms with Crippen molar-refractivity contribution in [1.29, 1.82) is 0 Å². The van der Waals surface area contributed by atoms with Gasteiger partial charge in [-0.1, -0.05) is 6.92 Å². The van der Waals surface area contributed by atoms with Gasteiger partial charge in [0.2, 0.25) is 0 Å². The first-order chi connectivity index (χ1) is 8.79. The molecule has 4 nitrogen and oxygen atoms in total. The minimum atomic E-state index is -0.0544. The summed E-state index contributed by atoms with van der Waals surface area (Å²) in [4.78, 5) is 0. The quantitative estimate of drug-likeness (QED) is 0.643. The fourth-order valence-electron chi connectivity index (χ4n) is 2.71. The van der Waals surface area contributed by atoms with Crippen LogP contribution in [0.1, 0.15) is 39.0 Å². The number of methoxy groups -OCH3 is 2. The smallest absolute Gasteiger partial charge is 0.0874 e. The molecule has 4 heteroatoms. The van der Waals surface area contributed by atoms with Crippen molar-refractivity contribution >= 4 is 0 Å². The third-order valence-corrected chi connectivity index (χ3v) is 3.86. The van der Waals surface area contributed by atoms with E-state index in [1.807, 2.05) is 7.11 Å². The van der Waals surface area contributed by atoms with E-state index >= 15 is 0 Å². The number of hydrogen-bond acceptors (Lipinski definition) is 4. The summed E-state index contributed by atoms with van der Waals surface area (Å²) in [5.74, 6) is 0. The lowest BCUT2D eigenvalue weighted by molar-refractivity contribution is -0.112. The third-order valence-electron chi connectivity index (χ3n) is 3.86. The molecule has 1 heterocycles. The number of ether oxygens (including phenoxy) is 3. The molecule has 0 aromatic rings. The fourth-order valence-corrected chi connectivity index (χ4v) is 2.71. The molecule has 18 heavy (non-hydrogen) atoms. The van der Waals surface area contributed by atoms with E-state index in [2.05, 4.69) is 12.2 Å². The molecular weight excluding hydrogens is 230 g/mol. The maximum absolute atomic E-state index is 5.89. The van der Waals surface area contributed by atoms with Crippen LogP contribution in [0.15, 0.2) is 0 Å². The predicted molar refractivity (Wildman–Crippen MR) is 73.0 cm³/mol. The molecule has 0 radical (unpaired) electrons. The summed E-state index contributed by atoms with van der Waals surface area (Å²) in [5, 5.41) is 3.65. The van der Waals surface area contributed by atoms with Crippen LogP contribution in [-0.4, -0.2) is 52.2 Å². The Hall–Kier alpha value is -0.160. The number of rotatable bonds is 9. The highest BCUT2D eigenvalue weighted by molar-refractivity contribution is 4.94. The normalized spacial score (nSPS) is 20.8. The second kappa shape index (κ2) is 8.86. The van der Waals surface area contributed by atoms with Gasteiger partial charge in [-0.3, -0.25) is 0 Å². The SMILES string of the molecule is CCCNC(CCCOC)C1(OC)CCOCC1. The van der Waals surface area contributed by atoms with E-state index in [4.69, 9.17) is 14.2 Å². The molecule has 1 N–H and O–H groups in total. The van der Waals surface area contributed by atoms with E-state index in [0.717, 1.165) is 58.5 Å². The zero-order valence-electron chi connectivity index (χ0n) is 12.2. The van der Waals surface area contributed by atoms with Crippen LogP contribution in [0.5, 0.6) is 0 Å². The van der Waals surface area contributed by atoms with Crippen molar-refractivity contribution < 1.29 is 14.2 Å². The van der Waals surface area contributed by atoms with Crippen LogP contribution in [-0.2, 0) is 14.2 Å². The van der Waals surface area contributed by atoms with Crippen LogP contribution in [0.4, 0.5) is 0 Å². The van der Waals surface area contributed by atoms with E-state index in [-0.39, 0.29) is 5.60 Å². The molecule has 1 unspecified atom stereocenters. The Morgan fingerprint density at radius 1 is 1.28 bits per heavy atom. The first-order valence-corrected chi connectivity index (χ1v) is 7.14. The molecule has 1 aliphatic heterocycles. The Balaban J connectivity index is 2.58. The minimum absolute atomic E-state index is 0.0544. The van der Waals surface area contributed by atoms with Crippen LogP contribution < -0.4 is 5.32 Å². The van der Waals surface area contributed by atoms with Gasteiger partial charge < -0.3 is 19.5 Å². The van der Waals surface area contributed by atoms with Crippen LogP contribution >= 0.6 is 0 Å². The molecule has 1 aliphatic rings. The first-order valence-electron chi connectivity index (χ1n) is 7.14. The summed E-state index contributed by atoms with van der Waals surface area (Å²) >= 11 is 0. The molecule has 1 rings (SSSR count). The Labute approximate surface area is 111 Å². The summed E-state index contributed by atoms with van der Waals surface area (Å²) in [6.07, 6.45) is 5.29. The van der Waals surface area contributed by atoms with Gasteiger partial charge in [-0.15, -0.1) is 0 Å². The molecule has 1 saturated heterocycles. The lowest BCUT2D eigenvalue weighted by Gasteiger charge is -2.43. The number of hydrogen-bond donors (Lipinski definition) is 1. The van der Waals surface area contributed by atoms with E-state index < -0.39 is 0 Å². The molecule has 1 fully saturated rings. The predicted octanol–water partition coefficient (Wildman–Crippen LogP) is 1.98. The Morgan fingerprint density at radius 3 is 2.56 bits per heavy atom. The van der Waals surface area contributed by atoms with Crippen LogP contribution in [0.25, 0.3) is 0 Å². The monoisotopic (exact) mass is 259 g/mol. The molecule has 0 bridgehead atoms. The van der Waals surface area contributed by atoms with Gasteiger partial charge in [-0.25, -0.2) is 0 Å². The van der Waals surface area contributed by atoms with Crippen molar-refractivity contribution in [2.75, 3.05) is 40.6 Å². The lowest BCUT2D eigenvalue weighted by atomic mass is 9.83. The summed E-state index contributed by atoms with van der Waals surface area (Å²) in [6, 6.07) is 0.404. The molecule has 0 aromatic heterocycles. The van der Waals surface area contributed by atoms with Gasteiger partial charge in [-0.2, -0.15) is 0 Å². The summed E-state index contributed by atoms with van der Waals surface area (Å²) < 4.78 is 16.5. The zero-order valence-corrected chi connectivity index (χ0v) is 12.2. The van der Waals surface area contributed by atoms with Gasteiger partial charge in [0.1, 0.15) is 0 Å². The molecular formula is C14H29NO3. The highest BCUT2D eigenvalue weighted by Gasteiger charge is 2.39. The average Bonchev–Trinajstić information content (AvgIpc) is 2.43. The van der Waals surface area contributed by atoms with Crippen molar-refractivity contribution in [3.8, 4) is 0 Å². The second-order valence-electron chi connectivity index (χ2n) is 5.02. The molecule has 0 spiro atoms. The lowest BCUT2D eigenvalue weighted by Crippen LogP contribution is -2.55. The van der Waals surface area contributed by atoms with Gasteiger partial charge in [0.15, 0.2) is 0 Å². The van der Waals surface area contributed by atoms with E-state index in [1.165, 1.54) is 0 Å². The fraction of sp³-hybridized carbons (Fsp3) is 1.00. The summed E-state index contributed by atoms with van der Waals surface area (Å²) in [6.45, 7) is 5.68. The van der Waals surface area contributed by atoms with Crippen molar-refractivity contribution in [3.05, 3.63) is 0 Å². The third kappa shape index (κ3) is 4.50. The standard InChI is InChI=1S/C14H29NO3/c1-4-9-15-13(6-5-10-16-2)14(17-3)7-11-18-12-8-14/h13,15H,4-12H2,1-3H3. The van der Waals surface area contributed by atoms with E-state index in [0.29, 0.717) is 6.04 Å². The number of nitrogens with one attached hydrogen (secondary N) is 1. The molecule has 108 valence electrons. The highest BCUT2D eigenvalue weighted by Crippen LogP contribution is 2.30. The molecule has 0 amide bonds. The van der Waals surface area contributed by atoms with Crippen molar-refractivity contribution in [1.82, 2.24) is 5.32 Å². The summed E-state index contributed by atoms with van der Waals surface area (Å²) in [5.41, 5.74) is -0.0544. The first kappa shape index (κ1) is 15.9. The Morgan fingerprint density at radius 2 is 2.00 bits per heavy atom. The van der Waals surface area contributed by atoms with Gasteiger partial charge >= 0.3 is 0 Å². The van der Waals surface area contributed by atoms with Crippen molar-refractivity contribution in [2.24, 2.45) is 0 Å². The van der Waals surface area contributed by atoms with Crippen molar-refractivity contribution in [3.63, 3.8) is 0 Å². The average molecular weight is 259 g/mol. The minimum Gasteiger partial charge on any atom is -0.385 e. The topological polar surface area (TPSA) is 39.7 Å². The van der Waals surface area contributed by atoms with Gasteiger partial charge in [0, 0.05) is 52.9 Å². The van der Waals surface area contributed by atoms with Gasteiger partial charge in [0.05, 0.1) is 5.60 Å². The molecule has 0 aromatic carbocycles. The molecule has 1 atom stereocenters. The maximum atomic E-state index is 5.89. The van der Waals surface area contributed by atoms with E-state index in [9.17, 15) is 0 Å². The zero-order chi connectivity index (χ0) is 13.3. The second-order valence-corrected chi connectivity index (χ2v) is 5.02. The Bertz CT molecular complexity index is 205. The summed E-state index contributed by atoms with van der Waals surface area (Å²) in [7, 11) is 3.59. The molecule has 0 aliphatic carbocycles. The van der Waals surface area contributed by atoms with Crippen molar-refractivity contribution in [2.45, 2.75) is 50.7 Å². The molecule has 0 saturated carbocycles. The van der Waals surface area contributed by atoms with Crippen LogP contribution in [0.2, 0.25) is 0 Å². The highest BCUT2D eigenvalue weighted by atomic mass is 16.5. The Kier molecular flexibility index (Phi) is 7.82. The maximum Gasteiger partial charge on any atom is 0.0874 e. The van der Waals surface area contributed by atoms with Crippen LogP contribution in [0, 0.1) is 0 Å². The van der Waals surface area contributed by atoms with E-state index in [1.54, 1.807) is 7.11 Å². The van der Waals surface area contributed by atoms with Gasteiger partial charge in [-0.05, 0) is 25.8 Å². The van der Waals surface area contributed by atoms with Gasteiger partial charge in [0.25, 0.3) is 0 Å².